The van der Waals surface area contributed by atoms with Gasteiger partial charge in [0.25, 0.3) is 5.56 Å². The molecule has 0 aliphatic carbocycles. The van der Waals surface area contributed by atoms with Gasteiger partial charge in [-0.15, -0.1) is 0 Å². The fraction of sp³-hybridized carbons (Fsp3) is 0.346. The number of carbonyl (C=O) groups excluding carboxylic acids is 1. The molecule has 35 heavy (non-hydrogen) atoms. The van der Waals surface area contributed by atoms with Crippen LogP contribution < -0.4 is 5.56 Å². The van der Waals surface area contributed by atoms with Crippen LogP contribution in [-0.2, 0) is 11.3 Å². The molecule has 0 bridgehead atoms. The number of nitrogens with zero attached hydrogens (tertiary/aromatic N) is 4. The Morgan fingerprint density at radius 1 is 1.17 bits per heavy atom. The molecule has 4 rings (SSSR count). The lowest BCUT2D eigenvalue weighted by molar-refractivity contribution is 0.0709. The van der Waals surface area contributed by atoms with Gasteiger partial charge in [0.15, 0.2) is 0 Å². The third-order valence-corrected chi connectivity index (χ3v) is 6.25. The molecule has 0 spiro atoms. The smallest absolute Gasteiger partial charge is 0.409 e. The number of benzene rings is 1. The number of amides is 1. The Balaban J connectivity index is 1.74. The topological polar surface area (TPSA) is 87.9 Å². The fourth-order valence-corrected chi connectivity index (χ4v) is 4.48. The summed E-state index contributed by atoms with van der Waals surface area (Å²) < 4.78 is 20.5. The van der Waals surface area contributed by atoms with Gasteiger partial charge in [-0.05, 0) is 49.2 Å². The highest BCUT2D eigenvalue weighted by molar-refractivity contribution is 5.67. The minimum Gasteiger partial charge on any atom is -0.507 e. The standard InChI is InChI=1S/C26H29FN4O4/c1-3-35-26(34)30-13-11-29(12-14-30)24(20-6-8-21(27)9-7-20)23-22(32)15-18(2)31(25(23)33)17-19-5-4-10-28-16-19/h4-10,15-16,24,32H,3,11-14,17H2,1-2H3/t24-/m1/s1. The average molecular weight is 481 g/mol. The lowest BCUT2D eigenvalue weighted by Gasteiger charge is -2.39. The van der Waals surface area contributed by atoms with E-state index in [0.717, 1.165) is 5.56 Å². The molecule has 0 radical (unpaired) electrons. The quantitative estimate of drug-likeness (QED) is 0.583. The molecular formula is C26H29FN4O4. The molecule has 2 aromatic heterocycles. The largest absolute Gasteiger partial charge is 0.507 e. The molecule has 8 nitrogen and oxygen atoms in total. The van der Waals surface area contributed by atoms with Crippen LogP contribution in [0, 0.1) is 12.7 Å². The Morgan fingerprint density at radius 2 is 1.89 bits per heavy atom. The summed E-state index contributed by atoms with van der Waals surface area (Å²) >= 11 is 0. The van der Waals surface area contributed by atoms with Crippen LogP contribution in [0.4, 0.5) is 9.18 Å². The number of ether oxygens (including phenoxy) is 1. The van der Waals surface area contributed by atoms with Gasteiger partial charge < -0.3 is 19.3 Å². The number of rotatable bonds is 6. The number of piperazine rings is 1. The van der Waals surface area contributed by atoms with Crippen LogP contribution in [0.3, 0.4) is 0 Å². The number of hydrogen-bond acceptors (Lipinski definition) is 6. The molecular weight excluding hydrogens is 451 g/mol. The van der Waals surface area contributed by atoms with E-state index in [4.69, 9.17) is 4.74 Å². The van der Waals surface area contributed by atoms with Crippen molar-refractivity contribution in [2.24, 2.45) is 0 Å². The summed E-state index contributed by atoms with van der Waals surface area (Å²) in [7, 11) is 0. The Hall–Kier alpha value is -3.72. The summed E-state index contributed by atoms with van der Waals surface area (Å²) in [4.78, 5) is 33.7. The lowest BCUT2D eigenvalue weighted by Crippen LogP contribution is -2.50. The first-order valence-corrected chi connectivity index (χ1v) is 11.6. The van der Waals surface area contributed by atoms with E-state index in [1.807, 2.05) is 11.0 Å². The van der Waals surface area contributed by atoms with E-state index >= 15 is 0 Å². The number of hydrogen-bond donors (Lipinski definition) is 1. The molecule has 184 valence electrons. The highest BCUT2D eigenvalue weighted by Gasteiger charge is 2.32. The Morgan fingerprint density at radius 3 is 2.51 bits per heavy atom. The Kier molecular flexibility index (Phi) is 7.45. The fourth-order valence-electron chi connectivity index (χ4n) is 4.48. The maximum Gasteiger partial charge on any atom is 0.409 e. The summed E-state index contributed by atoms with van der Waals surface area (Å²) in [5, 5.41) is 11.0. The molecule has 1 N–H and O–H groups in total. The van der Waals surface area contributed by atoms with Crippen molar-refractivity contribution in [3.05, 3.63) is 93.4 Å². The van der Waals surface area contributed by atoms with Crippen molar-refractivity contribution in [3.8, 4) is 5.75 Å². The van der Waals surface area contributed by atoms with Crippen molar-refractivity contribution in [1.82, 2.24) is 19.4 Å². The van der Waals surface area contributed by atoms with E-state index in [1.165, 1.54) is 12.1 Å². The molecule has 1 aromatic carbocycles. The SMILES string of the molecule is CCOC(=O)N1CCN([C@H](c2ccc(F)cc2)c2c(O)cc(C)n(Cc3cccnc3)c2=O)CC1. The molecule has 3 aromatic rings. The van der Waals surface area contributed by atoms with Crippen molar-refractivity contribution in [2.75, 3.05) is 32.8 Å². The number of carbonyl (C=O) groups is 1. The highest BCUT2D eigenvalue weighted by atomic mass is 19.1. The molecule has 1 atom stereocenters. The molecule has 3 heterocycles. The summed E-state index contributed by atoms with van der Waals surface area (Å²) in [6, 6.07) is 10.6. The Bertz CT molecular complexity index is 1220. The summed E-state index contributed by atoms with van der Waals surface area (Å²) in [6.45, 7) is 5.86. The van der Waals surface area contributed by atoms with E-state index in [9.17, 15) is 19.1 Å². The summed E-state index contributed by atoms with van der Waals surface area (Å²) in [6.07, 6.45) is 2.99. The van der Waals surface area contributed by atoms with Crippen molar-refractivity contribution in [2.45, 2.75) is 26.4 Å². The van der Waals surface area contributed by atoms with Crippen molar-refractivity contribution in [3.63, 3.8) is 0 Å². The van der Waals surface area contributed by atoms with Gasteiger partial charge in [0.05, 0.1) is 24.8 Å². The maximum atomic E-state index is 13.8. The minimum atomic E-state index is -0.617. The number of pyridine rings is 2. The van der Waals surface area contributed by atoms with Crippen molar-refractivity contribution in [1.29, 1.82) is 0 Å². The van der Waals surface area contributed by atoms with Gasteiger partial charge in [-0.3, -0.25) is 14.7 Å². The molecule has 0 saturated carbocycles. The molecule has 1 fully saturated rings. The van der Waals surface area contributed by atoms with E-state index in [1.54, 1.807) is 60.0 Å². The van der Waals surface area contributed by atoms with E-state index in [0.29, 0.717) is 50.6 Å². The highest BCUT2D eigenvalue weighted by Crippen LogP contribution is 2.33. The van der Waals surface area contributed by atoms with E-state index in [2.05, 4.69) is 4.98 Å². The van der Waals surface area contributed by atoms with Gasteiger partial charge in [-0.1, -0.05) is 18.2 Å². The van der Waals surface area contributed by atoms with E-state index < -0.39 is 6.04 Å². The second-order valence-corrected chi connectivity index (χ2v) is 8.51. The number of aromatic hydroxyl groups is 1. The monoisotopic (exact) mass is 480 g/mol. The molecule has 1 aliphatic heterocycles. The van der Waals surface area contributed by atoms with Crippen LogP contribution >= 0.6 is 0 Å². The first-order chi connectivity index (χ1) is 16.9. The first kappa shape index (κ1) is 24.4. The van der Waals surface area contributed by atoms with Crippen molar-refractivity contribution >= 4 is 6.09 Å². The van der Waals surface area contributed by atoms with Gasteiger partial charge in [0, 0.05) is 44.3 Å². The van der Waals surface area contributed by atoms with Gasteiger partial charge in [0.1, 0.15) is 11.6 Å². The van der Waals surface area contributed by atoms with Gasteiger partial charge in [0.2, 0.25) is 0 Å². The molecule has 1 saturated heterocycles. The zero-order valence-corrected chi connectivity index (χ0v) is 19.9. The molecule has 1 aliphatic rings. The zero-order chi connectivity index (χ0) is 24.9. The van der Waals surface area contributed by atoms with E-state index in [-0.39, 0.29) is 28.8 Å². The average Bonchev–Trinajstić information content (AvgIpc) is 2.86. The third-order valence-electron chi connectivity index (χ3n) is 6.25. The number of halogens is 1. The Labute approximate surface area is 203 Å². The van der Waals surface area contributed by atoms with Crippen LogP contribution in [0.2, 0.25) is 0 Å². The summed E-state index contributed by atoms with van der Waals surface area (Å²) in [5.74, 6) is -0.501. The first-order valence-electron chi connectivity index (χ1n) is 11.6. The minimum absolute atomic E-state index is 0.114. The van der Waals surface area contributed by atoms with Gasteiger partial charge in [-0.2, -0.15) is 0 Å². The van der Waals surface area contributed by atoms with Gasteiger partial charge in [-0.25, -0.2) is 9.18 Å². The number of aromatic nitrogens is 2. The number of aryl methyl sites for hydroxylation is 1. The van der Waals surface area contributed by atoms with Crippen LogP contribution in [0.1, 0.15) is 35.3 Å². The summed E-state index contributed by atoms with van der Waals surface area (Å²) in [5.41, 5.74) is 2.05. The van der Waals surface area contributed by atoms with Crippen LogP contribution in [0.5, 0.6) is 5.75 Å². The maximum absolute atomic E-state index is 13.8. The second-order valence-electron chi connectivity index (χ2n) is 8.51. The zero-order valence-electron chi connectivity index (χ0n) is 19.9. The molecule has 1 amide bonds. The predicted octanol–water partition coefficient (Wildman–Crippen LogP) is 3.31. The normalized spacial score (nSPS) is 15.1. The van der Waals surface area contributed by atoms with Crippen LogP contribution in [0.25, 0.3) is 0 Å². The second kappa shape index (κ2) is 10.7. The van der Waals surface area contributed by atoms with Crippen LogP contribution in [-0.4, -0.2) is 63.3 Å². The predicted molar refractivity (Wildman–Crippen MR) is 129 cm³/mol. The van der Waals surface area contributed by atoms with Crippen molar-refractivity contribution < 1.29 is 19.0 Å². The molecule has 9 heteroatoms. The third kappa shape index (κ3) is 5.35. The lowest BCUT2D eigenvalue weighted by atomic mass is 9.96. The van der Waals surface area contributed by atoms with Gasteiger partial charge >= 0.3 is 6.09 Å². The molecule has 0 unspecified atom stereocenters. The van der Waals surface area contributed by atoms with Crippen LogP contribution in [0.15, 0.2) is 59.7 Å².